The molecule has 0 amide bonds. The second kappa shape index (κ2) is 10.9. The van der Waals surface area contributed by atoms with Crippen LogP contribution in [0.2, 0.25) is 0 Å². The maximum Gasteiger partial charge on any atom is 0.188 e. The lowest BCUT2D eigenvalue weighted by Crippen LogP contribution is -2.41. The zero-order valence-corrected chi connectivity index (χ0v) is 15.4. The Labute approximate surface area is 147 Å². The predicted molar refractivity (Wildman–Crippen MR) is 98.4 cm³/mol. The minimum atomic E-state index is -0.0750. The number of morpholine rings is 1. The Balaban J connectivity index is 1.66. The molecule has 24 heavy (non-hydrogen) atoms. The van der Waals surface area contributed by atoms with Gasteiger partial charge in [-0.05, 0) is 32.2 Å². The van der Waals surface area contributed by atoms with E-state index >= 15 is 0 Å². The van der Waals surface area contributed by atoms with Crippen LogP contribution >= 0.6 is 0 Å². The molecule has 1 saturated heterocycles. The van der Waals surface area contributed by atoms with Crippen LogP contribution in [0.15, 0.2) is 4.99 Å². The number of aliphatic imine (C=N–C) groups is 1. The van der Waals surface area contributed by atoms with E-state index < -0.39 is 0 Å². The largest absolute Gasteiger partial charge is 0.379 e. The summed E-state index contributed by atoms with van der Waals surface area (Å²) in [5.74, 6) is 0.557. The smallest absolute Gasteiger partial charge is 0.188 e. The number of hydrogen-bond donors (Lipinski definition) is 2. The molecule has 0 bridgehead atoms. The van der Waals surface area contributed by atoms with E-state index in [4.69, 9.17) is 15.2 Å². The summed E-state index contributed by atoms with van der Waals surface area (Å²) < 4.78 is 11.5. The van der Waals surface area contributed by atoms with Gasteiger partial charge >= 0.3 is 0 Å². The fraction of sp³-hybridized carbons (Fsp3) is 0.944. The van der Waals surface area contributed by atoms with E-state index in [0.717, 1.165) is 71.7 Å². The third kappa shape index (κ3) is 6.95. The molecule has 6 heteroatoms. The van der Waals surface area contributed by atoms with Crippen molar-refractivity contribution in [2.24, 2.45) is 10.7 Å². The first-order chi connectivity index (χ1) is 11.7. The van der Waals surface area contributed by atoms with Crippen molar-refractivity contribution in [1.29, 1.82) is 0 Å². The molecule has 140 valence electrons. The molecule has 2 fully saturated rings. The lowest BCUT2D eigenvalue weighted by molar-refractivity contribution is -0.0624. The van der Waals surface area contributed by atoms with Gasteiger partial charge < -0.3 is 20.5 Å². The standard InChI is InChI=1S/C18H36N4O2/c1-2-13-24-18(7-4-3-5-8-18)16-21-17(19)20-9-6-10-22-11-14-23-15-12-22/h2-16H2,1H3,(H3,19,20,21). The minimum Gasteiger partial charge on any atom is -0.379 e. The van der Waals surface area contributed by atoms with Crippen molar-refractivity contribution in [2.45, 2.75) is 57.5 Å². The number of rotatable bonds is 9. The van der Waals surface area contributed by atoms with Crippen molar-refractivity contribution in [3.05, 3.63) is 0 Å². The number of nitrogens with zero attached hydrogens (tertiary/aromatic N) is 2. The van der Waals surface area contributed by atoms with Crippen molar-refractivity contribution in [3.63, 3.8) is 0 Å². The van der Waals surface area contributed by atoms with E-state index in [-0.39, 0.29) is 5.60 Å². The Morgan fingerprint density at radius 3 is 2.71 bits per heavy atom. The van der Waals surface area contributed by atoms with Crippen molar-refractivity contribution >= 4 is 5.96 Å². The van der Waals surface area contributed by atoms with E-state index in [1.807, 2.05) is 0 Å². The number of hydrogen-bond acceptors (Lipinski definition) is 4. The molecule has 0 unspecified atom stereocenters. The van der Waals surface area contributed by atoms with Crippen LogP contribution in [0.3, 0.4) is 0 Å². The van der Waals surface area contributed by atoms with Crippen molar-refractivity contribution in [2.75, 3.05) is 52.5 Å². The molecule has 2 rings (SSSR count). The average molecular weight is 341 g/mol. The summed E-state index contributed by atoms with van der Waals surface area (Å²) in [6.45, 7) is 9.43. The minimum absolute atomic E-state index is 0.0750. The average Bonchev–Trinajstić information content (AvgIpc) is 2.64. The van der Waals surface area contributed by atoms with Crippen LogP contribution in [0.1, 0.15) is 51.9 Å². The fourth-order valence-electron chi connectivity index (χ4n) is 3.49. The monoisotopic (exact) mass is 340 g/mol. The van der Waals surface area contributed by atoms with Gasteiger partial charge in [-0.25, -0.2) is 0 Å². The van der Waals surface area contributed by atoms with Gasteiger partial charge in [-0.2, -0.15) is 0 Å². The molecule has 0 aromatic rings. The van der Waals surface area contributed by atoms with Crippen LogP contribution in [0.4, 0.5) is 0 Å². The summed E-state index contributed by atoms with van der Waals surface area (Å²) in [7, 11) is 0. The quantitative estimate of drug-likeness (QED) is 0.380. The molecular weight excluding hydrogens is 304 g/mol. The van der Waals surface area contributed by atoms with Crippen molar-refractivity contribution in [1.82, 2.24) is 10.2 Å². The summed E-state index contributed by atoms with van der Waals surface area (Å²) in [6, 6.07) is 0. The first-order valence-corrected chi connectivity index (χ1v) is 9.72. The Morgan fingerprint density at radius 2 is 2.00 bits per heavy atom. The molecule has 0 atom stereocenters. The Hall–Kier alpha value is -0.850. The molecule has 1 aliphatic heterocycles. The zero-order chi connectivity index (χ0) is 17.1. The molecule has 0 aromatic heterocycles. The molecule has 3 N–H and O–H groups in total. The third-order valence-electron chi connectivity index (χ3n) is 4.98. The Kier molecular flexibility index (Phi) is 8.84. The summed E-state index contributed by atoms with van der Waals surface area (Å²) in [5.41, 5.74) is 5.97. The second-order valence-corrected chi connectivity index (χ2v) is 7.03. The van der Waals surface area contributed by atoms with Crippen LogP contribution in [0.5, 0.6) is 0 Å². The van der Waals surface area contributed by atoms with Gasteiger partial charge in [0.15, 0.2) is 5.96 Å². The highest BCUT2D eigenvalue weighted by atomic mass is 16.5. The highest BCUT2D eigenvalue weighted by Crippen LogP contribution is 2.32. The van der Waals surface area contributed by atoms with Crippen LogP contribution in [0.25, 0.3) is 0 Å². The maximum atomic E-state index is 6.17. The van der Waals surface area contributed by atoms with Gasteiger partial charge in [-0.1, -0.05) is 26.2 Å². The summed E-state index contributed by atoms with van der Waals surface area (Å²) >= 11 is 0. The lowest BCUT2D eigenvalue weighted by atomic mass is 9.84. The van der Waals surface area contributed by atoms with Gasteiger partial charge in [0.25, 0.3) is 0 Å². The molecular formula is C18H36N4O2. The second-order valence-electron chi connectivity index (χ2n) is 7.03. The van der Waals surface area contributed by atoms with Crippen molar-refractivity contribution < 1.29 is 9.47 Å². The van der Waals surface area contributed by atoms with Crippen LogP contribution in [-0.4, -0.2) is 69.0 Å². The van der Waals surface area contributed by atoms with Gasteiger partial charge in [0.2, 0.25) is 0 Å². The highest BCUT2D eigenvalue weighted by Gasteiger charge is 2.32. The van der Waals surface area contributed by atoms with E-state index in [2.05, 4.69) is 22.1 Å². The lowest BCUT2D eigenvalue weighted by Gasteiger charge is -2.36. The number of ether oxygens (including phenoxy) is 2. The number of guanidine groups is 1. The molecule has 2 aliphatic rings. The predicted octanol–water partition coefficient (Wildman–Crippen LogP) is 1.74. The van der Waals surface area contributed by atoms with Crippen LogP contribution in [-0.2, 0) is 9.47 Å². The van der Waals surface area contributed by atoms with Gasteiger partial charge in [0.05, 0.1) is 25.4 Å². The Bertz CT molecular complexity index is 364. The maximum absolute atomic E-state index is 6.17. The zero-order valence-electron chi connectivity index (χ0n) is 15.4. The molecule has 0 aromatic carbocycles. The van der Waals surface area contributed by atoms with Gasteiger partial charge in [-0.15, -0.1) is 0 Å². The summed E-state index contributed by atoms with van der Waals surface area (Å²) in [6.07, 6.45) is 8.16. The molecule has 1 heterocycles. The number of nitrogens with two attached hydrogens (primary N) is 1. The molecule has 0 spiro atoms. The topological polar surface area (TPSA) is 72.1 Å². The normalized spacial score (nSPS) is 22.5. The van der Waals surface area contributed by atoms with Crippen LogP contribution in [0, 0.1) is 0 Å². The van der Waals surface area contributed by atoms with E-state index in [1.54, 1.807) is 0 Å². The van der Waals surface area contributed by atoms with E-state index in [0.29, 0.717) is 12.5 Å². The van der Waals surface area contributed by atoms with Gasteiger partial charge in [-0.3, -0.25) is 9.89 Å². The van der Waals surface area contributed by atoms with Gasteiger partial charge in [0.1, 0.15) is 0 Å². The molecule has 1 saturated carbocycles. The number of nitrogens with one attached hydrogen (secondary N) is 1. The fourth-order valence-corrected chi connectivity index (χ4v) is 3.49. The summed E-state index contributed by atoms with van der Waals surface area (Å²) in [4.78, 5) is 7.02. The molecule has 0 radical (unpaired) electrons. The first kappa shape index (κ1) is 19.5. The molecule has 1 aliphatic carbocycles. The van der Waals surface area contributed by atoms with Gasteiger partial charge in [0, 0.05) is 26.2 Å². The van der Waals surface area contributed by atoms with E-state index in [9.17, 15) is 0 Å². The first-order valence-electron chi connectivity index (χ1n) is 9.72. The van der Waals surface area contributed by atoms with Crippen molar-refractivity contribution in [3.8, 4) is 0 Å². The highest BCUT2D eigenvalue weighted by molar-refractivity contribution is 5.77. The van der Waals surface area contributed by atoms with Crippen LogP contribution < -0.4 is 11.1 Å². The SMILES string of the molecule is CCCOC1(CN=C(N)NCCCN2CCOCC2)CCCCC1. The Morgan fingerprint density at radius 1 is 1.25 bits per heavy atom. The van der Waals surface area contributed by atoms with E-state index in [1.165, 1.54) is 19.3 Å². The molecule has 6 nitrogen and oxygen atoms in total. The summed E-state index contributed by atoms with van der Waals surface area (Å²) in [5, 5.41) is 3.25. The third-order valence-corrected chi connectivity index (χ3v) is 4.98.